The number of ether oxygens (including phenoxy) is 1. The number of carboxylic acid groups (broad SMARTS) is 1. The zero-order valence-corrected chi connectivity index (χ0v) is 18.1. The second-order valence-corrected chi connectivity index (χ2v) is 7.45. The van der Waals surface area contributed by atoms with Crippen LogP contribution in [-0.4, -0.2) is 23.9 Å². The van der Waals surface area contributed by atoms with E-state index >= 15 is 0 Å². The van der Waals surface area contributed by atoms with E-state index in [1.54, 1.807) is 27.7 Å². The van der Waals surface area contributed by atoms with Crippen LogP contribution in [0.1, 0.15) is 63.6 Å². The van der Waals surface area contributed by atoms with Crippen LogP contribution in [0.5, 0.6) is 5.75 Å². The maximum atomic E-state index is 14.2. The summed E-state index contributed by atoms with van der Waals surface area (Å²) in [5, 5.41) is 8.74. The summed E-state index contributed by atoms with van der Waals surface area (Å²) in [7, 11) is 0. The van der Waals surface area contributed by atoms with E-state index in [4.69, 9.17) is 9.84 Å². The minimum absolute atomic E-state index is 0.128. The van der Waals surface area contributed by atoms with Crippen molar-refractivity contribution in [2.24, 2.45) is 0 Å². The molecule has 0 aliphatic carbocycles. The lowest BCUT2D eigenvalue weighted by Crippen LogP contribution is -2.34. The number of allylic oxidation sites excluding steroid dienone is 5. The van der Waals surface area contributed by atoms with Crippen molar-refractivity contribution >= 4 is 11.5 Å². The number of hydrogen-bond donors (Lipinski definition) is 1. The minimum Gasteiger partial charge on any atom is -0.493 e. The third kappa shape index (κ3) is 6.94. The first kappa shape index (κ1) is 26.4. The Balaban J connectivity index is 3.68. The fourth-order valence-electron chi connectivity index (χ4n) is 2.76. The molecule has 3 nitrogen and oxygen atoms in total. The maximum Gasteiger partial charge on any atom is 0.458 e. The Morgan fingerprint density at radius 3 is 2.26 bits per heavy atom. The summed E-state index contributed by atoms with van der Waals surface area (Å²) in [6, 6.07) is 1.67. The molecule has 0 aliphatic heterocycles. The topological polar surface area (TPSA) is 46.5 Å². The molecule has 0 aromatic heterocycles. The Labute approximate surface area is 178 Å². The molecule has 8 heteroatoms. The standard InChI is InChI=1S/C23H27F5O3/c1-6-10-31-21-18(14(2)3)12-17(22(24,25)23(26,27)28)13-19(21)16(5)9-7-8-15(4)11-20(29)30/h7-9,11-14H,6,10H2,1-5H3,(H,29,30)/b8-7+,15-11+,16-9-. The van der Waals surface area contributed by atoms with Crippen LogP contribution < -0.4 is 4.74 Å². The van der Waals surface area contributed by atoms with Crippen molar-refractivity contribution in [3.8, 4) is 5.75 Å². The van der Waals surface area contributed by atoms with Crippen LogP contribution in [0.15, 0.2) is 42.0 Å². The molecule has 1 aromatic rings. The van der Waals surface area contributed by atoms with Gasteiger partial charge in [0.15, 0.2) is 0 Å². The lowest BCUT2D eigenvalue weighted by Gasteiger charge is -2.25. The van der Waals surface area contributed by atoms with Crippen molar-refractivity contribution in [2.75, 3.05) is 6.61 Å². The fraction of sp³-hybridized carbons (Fsp3) is 0.435. The van der Waals surface area contributed by atoms with Crippen molar-refractivity contribution in [3.05, 3.63) is 58.7 Å². The normalized spacial score (nSPS) is 13.9. The lowest BCUT2D eigenvalue weighted by atomic mass is 9.91. The van der Waals surface area contributed by atoms with Gasteiger partial charge in [0.2, 0.25) is 0 Å². The SMILES string of the molecule is CCCOc1c(\C(C)=C/C=C/C(C)=C/C(=O)O)cc(C(F)(F)C(F)(F)F)cc1C(C)C. The Morgan fingerprint density at radius 1 is 1.16 bits per heavy atom. The Morgan fingerprint density at radius 2 is 1.77 bits per heavy atom. The summed E-state index contributed by atoms with van der Waals surface area (Å²) in [6.45, 7) is 8.62. The summed E-state index contributed by atoms with van der Waals surface area (Å²) in [6.07, 6.45) is 0.364. The number of carbonyl (C=O) groups is 1. The number of carboxylic acids is 1. The third-order valence-corrected chi connectivity index (χ3v) is 4.39. The van der Waals surface area contributed by atoms with E-state index in [1.807, 2.05) is 6.92 Å². The average molecular weight is 446 g/mol. The molecular formula is C23H27F5O3. The zero-order chi connectivity index (χ0) is 24.0. The Hall–Kier alpha value is -2.64. The zero-order valence-electron chi connectivity index (χ0n) is 18.1. The molecule has 31 heavy (non-hydrogen) atoms. The van der Waals surface area contributed by atoms with Crippen LogP contribution in [0.3, 0.4) is 0 Å². The van der Waals surface area contributed by atoms with Gasteiger partial charge < -0.3 is 9.84 Å². The molecule has 1 N–H and O–H groups in total. The highest BCUT2D eigenvalue weighted by Gasteiger charge is 2.59. The number of aliphatic carboxylic acids is 1. The molecule has 1 rings (SSSR count). The molecule has 0 atom stereocenters. The fourth-order valence-corrected chi connectivity index (χ4v) is 2.76. The molecule has 0 fully saturated rings. The summed E-state index contributed by atoms with van der Waals surface area (Å²) < 4.78 is 73.1. The lowest BCUT2D eigenvalue weighted by molar-refractivity contribution is -0.289. The molecule has 1 aromatic carbocycles. The van der Waals surface area contributed by atoms with Crippen LogP contribution in [0.2, 0.25) is 0 Å². The van der Waals surface area contributed by atoms with Crippen LogP contribution in [0.25, 0.3) is 5.57 Å². The van der Waals surface area contributed by atoms with E-state index < -0.39 is 23.6 Å². The molecule has 0 aliphatic rings. The number of alkyl halides is 5. The molecule has 0 amide bonds. The van der Waals surface area contributed by atoms with Crippen LogP contribution in [0.4, 0.5) is 22.0 Å². The quantitative estimate of drug-likeness (QED) is 0.247. The van der Waals surface area contributed by atoms with Gasteiger partial charge in [0.05, 0.1) is 6.61 Å². The predicted octanol–water partition coefficient (Wildman–Crippen LogP) is 7.24. The van der Waals surface area contributed by atoms with Crippen molar-refractivity contribution < 1.29 is 36.6 Å². The number of rotatable bonds is 9. The summed E-state index contributed by atoms with van der Waals surface area (Å²) in [5.74, 6) is -6.25. The van der Waals surface area contributed by atoms with Crippen molar-refractivity contribution in [2.45, 2.75) is 59.1 Å². The molecule has 0 saturated heterocycles. The molecule has 0 heterocycles. The van der Waals surface area contributed by atoms with Gasteiger partial charge in [-0.1, -0.05) is 39.0 Å². The summed E-state index contributed by atoms with van der Waals surface area (Å²) in [5.41, 5.74) is 0.0549. The van der Waals surface area contributed by atoms with Crippen LogP contribution >= 0.6 is 0 Å². The van der Waals surface area contributed by atoms with Gasteiger partial charge in [-0.05, 0) is 55.0 Å². The van der Waals surface area contributed by atoms with E-state index in [9.17, 15) is 26.7 Å². The second-order valence-electron chi connectivity index (χ2n) is 7.45. The molecule has 0 radical (unpaired) electrons. The van der Waals surface area contributed by atoms with Gasteiger partial charge >= 0.3 is 18.1 Å². The summed E-state index contributed by atoms with van der Waals surface area (Å²) in [4.78, 5) is 10.7. The molecule has 0 spiro atoms. The van der Waals surface area contributed by atoms with Crippen LogP contribution in [0, 0.1) is 0 Å². The molecule has 0 saturated carbocycles. The number of halogens is 5. The highest BCUT2D eigenvalue weighted by Crippen LogP contribution is 2.47. The third-order valence-electron chi connectivity index (χ3n) is 4.39. The monoisotopic (exact) mass is 446 g/mol. The predicted molar refractivity (Wildman–Crippen MR) is 110 cm³/mol. The van der Waals surface area contributed by atoms with E-state index in [-0.39, 0.29) is 29.4 Å². The largest absolute Gasteiger partial charge is 0.493 e. The maximum absolute atomic E-state index is 14.2. The average Bonchev–Trinajstić information content (AvgIpc) is 2.63. The molecule has 0 bridgehead atoms. The van der Waals surface area contributed by atoms with Gasteiger partial charge in [0.25, 0.3) is 0 Å². The van der Waals surface area contributed by atoms with E-state index in [1.165, 1.54) is 18.2 Å². The smallest absolute Gasteiger partial charge is 0.458 e. The number of benzene rings is 1. The highest BCUT2D eigenvalue weighted by atomic mass is 19.4. The van der Waals surface area contributed by atoms with E-state index in [0.717, 1.165) is 18.2 Å². The second kappa shape index (κ2) is 10.6. The van der Waals surface area contributed by atoms with Crippen molar-refractivity contribution in [1.82, 2.24) is 0 Å². The van der Waals surface area contributed by atoms with Crippen LogP contribution in [-0.2, 0) is 10.7 Å². The van der Waals surface area contributed by atoms with Gasteiger partial charge in [0, 0.05) is 17.2 Å². The Bertz CT molecular complexity index is 878. The van der Waals surface area contributed by atoms with Gasteiger partial charge in [-0.15, -0.1) is 0 Å². The first-order valence-corrected chi connectivity index (χ1v) is 9.74. The van der Waals surface area contributed by atoms with E-state index in [2.05, 4.69) is 0 Å². The van der Waals surface area contributed by atoms with E-state index in [0.29, 0.717) is 17.6 Å². The van der Waals surface area contributed by atoms with Gasteiger partial charge in [-0.2, -0.15) is 22.0 Å². The van der Waals surface area contributed by atoms with Gasteiger partial charge in [-0.25, -0.2) is 4.79 Å². The molecule has 172 valence electrons. The van der Waals surface area contributed by atoms with Crippen molar-refractivity contribution in [1.29, 1.82) is 0 Å². The first-order chi connectivity index (χ1) is 14.2. The highest BCUT2D eigenvalue weighted by molar-refractivity contribution is 5.81. The van der Waals surface area contributed by atoms with Gasteiger partial charge in [0.1, 0.15) is 5.75 Å². The number of hydrogen-bond acceptors (Lipinski definition) is 2. The summed E-state index contributed by atoms with van der Waals surface area (Å²) >= 11 is 0. The van der Waals surface area contributed by atoms with Crippen molar-refractivity contribution in [3.63, 3.8) is 0 Å². The first-order valence-electron chi connectivity index (χ1n) is 9.74. The molecule has 0 unspecified atom stereocenters. The molecular weight excluding hydrogens is 419 g/mol. The Kier molecular flexibility index (Phi) is 9.02. The minimum atomic E-state index is -5.74. The van der Waals surface area contributed by atoms with Gasteiger partial charge in [-0.3, -0.25) is 0 Å².